The largest absolute Gasteiger partial charge is 0.352 e. The van der Waals surface area contributed by atoms with Gasteiger partial charge in [0.2, 0.25) is 0 Å². The van der Waals surface area contributed by atoms with Crippen molar-refractivity contribution in [2.45, 2.75) is 32.1 Å². The van der Waals surface area contributed by atoms with Crippen molar-refractivity contribution in [1.82, 2.24) is 10.6 Å². The maximum atomic E-state index is 12.5. The minimum absolute atomic E-state index is 0.105. The van der Waals surface area contributed by atoms with Crippen LogP contribution in [0.25, 0.3) is 0 Å². The first kappa shape index (κ1) is 14.6. The average molecular weight is 286 g/mol. The fraction of sp³-hybridized carbons (Fsp3) is 0.611. The Hall–Kier alpha value is -1.35. The molecule has 0 spiro atoms. The maximum Gasteiger partial charge on any atom is 0.251 e. The summed E-state index contributed by atoms with van der Waals surface area (Å²) in [6.07, 6.45) is 6.38. The van der Waals surface area contributed by atoms with Gasteiger partial charge in [0.25, 0.3) is 5.91 Å². The van der Waals surface area contributed by atoms with Gasteiger partial charge in [-0.15, -0.1) is 0 Å². The summed E-state index contributed by atoms with van der Waals surface area (Å²) < 4.78 is 0. The second-order valence-corrected chi connectivity index (χ2v) is 6.56. The van der Waals surface area contributed by atoms with Gasteiger partial charge in [0.15, 0.2) is 0 Å². The average Bonchev–Trinajstić information content (AvgIpc) is 3.38. The first-order valence-corrected chi connectivity index (χ1v) is 8.30. The highest BCUT2D eigenvalue weighted by Gasteiger charge is 2.41. The van der Waals surface area contributed by atoms with Crippen LogP contribution in [0.4, 0.5) is 0 Å². The first-order chi connectivity index (χ1) is 10.3. The number of benzene rings is 1. The molecule has 0 unspecified atom stereocenters. The van der Waals surface area contributed by atoms with Crippen LogP contribution in [-0.4, -0.2) is 26.0 Å². The van der Waals surface area contributed by atoms with E-state index in [4.69, 9.17) is 0 Å². The standard InChI is InChI=1S/C18H26N2O/c1-19-11-10-13-4-2-3-5-16(13)18(21)20-12-17(14-6-7-14)15-8-9-15/h2-5,14-15,17,19H,6-12H2,1H3,(H,20,21). The van der Waals surface area contributed by atoms with Crippen LogP contribution in [-0.2, 0) is 6.42 Å². The van der Waals surface area contributed by atoms with Crippen LogP contribution in [0.5, 0.6) is 0 Å². The molecule has 0 radical (unpaired) electrons. The van der Waals surface area contributed by atoms with Crippen LogP contribution in [0.1, 0.15) is 41.6 Å². The van der Waals surface area contributed by atoms with E-state index < -0.39 is 0 Å². The van der Waals surface area contributed by atoms with Crippen LogP contribution in [0.2, 0.25) is 0 Å². The molecule has 0 aromatic heterocycles. The molecule has 0 heterocycles. The Labute approximate surface area is 127 Å². The molecule has 1 aromatic carbocycles. The van der Waals surface area contributed by atoms with E-state index in [0.29, 0.717) is 0 Å². The fourth-order valence-electron chi connectivity index (χ4n) is 3.29. The highest BCUT2D eigenvalue weighted by Crippen LogP contribution is 2.48. The van der Waals surface area contributed by atoms with E-state index in [2.05, 4.69) is 16.7 Å². The lowest BCUT2D eigenvalue weighted by Crippen LogP contribution is -2.32. The lowest BCUT2D eigenvalue weighted by Gasteiger charge is -2.17. The normalized spacial score (nSPS) is 18.0. The summed E-state index contributed by atoms with van der Waals surface area (Å²) >= 11 is 0. The Morgan fingerprint density at radius 1 is 1.19 bits per heavy atom. The molecule has 2 fully saturated rings. The zero-order chi connectivity index (χ0) is 14.7. The number of hydrogen-bond donors (Lipinski definition) is 2. The Morgan fingerprint density at radius 3 is 2.48 bits per heavy atom. The van der Waals surface area contributed by atoms with E-state index in [-0.39, 0.29) is 5.91 Å². The summed E-state index contributed by atoms with van der Waals surface area (Å²) in [5.74, 6) is 2.61. The molecule has 1 aromatic rings. The molecule has 2 saturated carbocycles. The van der Waals surface area contributed by atoms with Gasteiger partial charge in [-0.1, -0.05) is 18.2 Å². The van der Waals surface area contributed by atoms with Crippen LogP contribution in [0, 0.1) is 17.8 Å². The topological polar surface area (TPSA) is 41.1 Å². The van der Waals surface area contributed by atoms with Crippen LogP contribution in [0.3, 0.4) is 0 Å². The Kier molecular flexibility index (Phi) is 4.59. The van der Waals surface area contributed by atoms with Crippen molar-refractivity contribution >= 4 is 5.91 Å². The summed E-state index contributed by atoms with van der Waals surface area (Å²) in [6.45, 7) is 1.77. The van der Waals surface area contributed by atoms with Crippen LogP contribution < -0.4 is 10.6 Å². The molecule has 3 rings (SSSR count). The minimum Gasteiger partial charge on any atom is -0.352 e. The van der Waals surface area contributed by atoms with Crippen molar-refractivity contribution in [2.75, 3.05) is 20.1 Å². The number of likely N-dealkylation sites (N-methyl/N-ethyl adjacent to an activating group) is 1. The molecule has 3 nitrogen and oxygen atoms in total. The monoisotopic (exact) mass is 286 g/mol. The molecule has 21 heavy (non-hydrogen) atoms. The molecule has 0 atom stereocenters. The lowest BCUT2D eigenvalue weighted by atomic mass is 9.97. The van der Waals surface area contributed by atoms with Gasteiger partial charge in [-0.3, -0.25) is 4.79 Å². The quantitative estimate of drug-likeness (QED) is 0.771. The highest BCUT2D eigenvalue weighted by molar-refractivity contribution is 5.95. The van der Waals surface area contributed by atoms with Gasteiger partial charge >= 0.3 is 0 Å². The van der Waals surface area contributed by atoms with E-state index in [1.54, 1.807) is 0 Å². The maximum absolute atomic E-state index is 12.5. The first-order valence-electron chi connectivity index (χ1n) is 8.30. The number of rotatable bonds is 8. The van der Waals surface area contributed by atoms with Crippen molar-refractivity contribution < 1.29 is 4.79 Å². The second kappa shape index (κ2) is 6.61. The van der Waals surface area contributed by atoms with Gasteiger partial charge in [-0.2, -0.15) is 0 Å². The summed E-state index contributed by atoms with van der Waals surface area (Å²) in [4.78, 5) is 12.5. The smallest absolute Gasteiger partial charge is 0.251 e. The molecule has 0 bridgehead atoms. The highest BCUT2D eigenvalue weighted by atomic mass is 16.1. The number of hydrogen-bond acceptors (Lipinski definition) is 2. The molecule has 2 aliphatic rings. The van der Waals surface area contributed by atoms with Gasteiger partial charge < -0.3 is 10.6 Å². The molecule has 0 aliphatic heterocycles. The van der Waals surface area contributed by atoms with Gasteiger partial charge in [0.05, 0.1) is 0 Å². The van der Waals surface area contributed by atoms with E-state index >= 15 is 0 Å². The third-order valence-electron chi connectivity index (χ3n) is 4.86. The SMILES string of the molecule is CNCCc1ccccc1C(=O)NCC(C1CC1)C1CC1. The van der Waals surface area contributed by atoms with Crippen molar-refractivity contribution in [3.63, 3.8) is 0 Å². The van der Waals surface area contributed by atoms with Gasteiger partial charge in [0, 0.05) is 12.1 Å². The third kappa shape index (κ3) is 3.85. The van der Waals surface area contributed by atoms with E-state index in [9.17, 15) is 4.79 Å². The predicted octanol–water partition coefficient (Wildman–Crippen LogP) is 2.61. The van der Waals surface area contributed by atoms with E-state index in [1.807, 2.05) is 25.2 Å². The fourth-order valence-corrected chi connectivity index (χ4v) is 3.29. The zero-order valence-corrected chi connectivity index (χ0v) is 12.9. The zero-order valence-electron chi connectivity index (χ0n) is 12.9. The summed E-state index contributed by atoms with van der Waals surface area (Å²) in [6, 6.07) is 7.98. The van der Waals surface area contributed by atoms with Crippen LogP contribution >= 0.6 is 0 Å². The number of nitrogens with one attached hydrogen (secondary N) is 2. The van der Waals surface area contributed by atoms with Crippen molar-refractivity contribution in [1.29, 1.82) is 0 Å². The van der Waals surface area contributed by atoms with Crippen molar-refractivity contribution in [3.8, 4) is 0 Å². The molecular formula is C18H26N2O. The predicted molar refractivity (Wildman–Crippen MR) is 85.3 cm³/mol. The summed E-state index contributed by atoms with van der Waals surface area (Å²) in [5.41, 5.74) is 1.98. The number of carbonyl (C=O) groups excluding carboxylic acids is 1. The van der Waals surface area contributed by atoms with E-state index in [0.717, 1.165) is 48.4 Å². The van der Waals surface area contributed by atoms with Gasteiger partial charge in [-0.05, 0) is 75.1 Å². The Balaban J connectivity index is 1.59. The second-order valence-electron chi connectivity index (χ2n) is 6.56. The third-order valence-corrected chi connectivity index (χ3v) is 4.86. The molecule has 1 amide bonds. The summed E-state index contributed by atoms with van der Waals surface area (Å²) in [7, 11) is 1.94. The van der Waals surface area contributed by atoms with Gasteiger partial charge in [0.1, 0.15) is 0 Å². The Bertz CT molecular complexity index is 480. The summed E-state index contributed by atoms with van der Waals surface area (Å²) in [5, 5.41) is 6.35. The lowest BCUT2D eigenvalue weighted by molar-refractivity contribution is 0.0942. The number of amides is 1. The number of carbonyl (C=O) groups is 1. The van der Waals surface area contributed by atoms with Crippen molar-refractivity contribution in [3.05, 3.63) is 35.4 Å². The van der Waals surface area contributed by atoms with Gasteiger partial charge in [-0.25, -0.2) is 0 Å². The van der Waals surface area contributed by atoms with Crippen LogP contribution in [0.15, 0.2) is 24.3 Å². The molecule has 2 N–H and O–H groups in total. The van der Waals surface area contributed by atoms with E-state index in [1.165, 1.54) is 25.7 Å². The minimum atomic E-state index is 0.105. The molecule has 0 saturated heterocycles. The van der Waals surface area contributed by atoms with Crippen molar-refractivity contribution in [2.24, 2.45) is 17.8 Å². The molecule has 114 valence electrons. The molecular weight excluding hydrogens is 260 g/mol. The molecule has 3 heteroatoms. The molecule has 2 aliphatic carbocycles. The Morgan fingerprint density at radius 2 is 1.86 bits per heavy atom.